The average molecular weight is 430 g/mol. The molecule has 0 heterocycles. The molecule has 0 aliphatic rings. The molecule has 0 saturated carbocycles. The Kier molecular flexibility index (Phi) is 21.3. The molecule has 0 saturated heterocycles. The van der Waals surface area contributed by atoms with Gasteiger partial charge in [0.25, 0.3) is 0 Å². The quantitative estimate of drug-likeness (QED) is 0.0961. The maximum Gasteiger partial charge on any atom is 0.306 e. The monoisotopic (exact) mass is 429 g/mol. The highest BCUT2D eigenvalue weighted by molar-refractivity contribution is 5.69. The number of azide groups is 1. The molecule has 0 aromatic rings. The van der Waals surface area contributed by atoms with Crippen LogP contribution in [0.1, 0.15) is 84.5 Å². The van der Waals surface area contributed by atoms with Crippen LogP contribution in [0.15, 0.2) is 5.11 Å². The molecule has 0 rings (SSSR count). The Balaban J connectivity index is 3.96. The lowest BCUT2D eigenvalue weighted by molar-refractivity contribution is -0.142. The van der Waals surface area contributed by atoms with E-state index >= 15 is 0 Å². The Bertz CT molecular complexity index is 444. The largest absolute Gasteiger partial charge is 0.481 e. The van der Waals surface area contributed by atoms with Crippen LogP contribution in [-0.4, -0.2) is 56.8 Å². The van der Waals surface area contributed by atoms with Crippen LogP contribution >= 0.6 is 0 Å². The van der Waals surface area contributed by atoms with E-state index in [1.54, 1.807) is 0 Å². The maximum atomic E-state index is 11.5. The molecule has 0 amide bonds. The third-order valence-electron chi connectivity index (χ3n) is 5.07. The number of unbranched alkanes of at least 4 members (excludes halogenated alkanes) is 4. The molecule has 2 unspecified atom stereocenters. The summed E-state index contributed by atoms with van der Waals surface area (Å²) in [5, 5.41) is 12.9. The van der Waals surface area contributed by atoms with Crippen molar-refractivity contribution in [3.05, 3.63) is 10.4 Å². The number of ether oxygens (including phenoxy) is 3. The average Bonchev–Trinajstić information content (AvgIpc) is 2.74. The minimum absolute atomic E-state index is 0.170. The molecule has 2 atom stereocenters. The van der Waals surface area contributed by atoms with E-state index in [1.807, 2.05) is 0 Å². The van der Waals surface area contributed by atoms with Crippen molar-refractivity contribution in [3.63, 3.8) is 0 Å². The zero-order chi connectivity index (χ0) is 22.3. The lowest BCUT2D eigenvalue weighted by Crippen LogP contribution is -2.19. The number of hydrogen-bond acceptors (Lipinski definition) is 5. The zero-order valence-electron chi connectivity index (χ0n) is 19.1. The summed E-state index contributed by atoms with van der Waals surface area (Å²) in [5.41, 5.74) is 8.16. The molecule has 8 nitrogen and oxygen atoms in total. The van der Waals surface area contributed by atoms with Crippen molar-refractivity contribution in [2.24, 2.45) is 11.0 Å². The summed E-state index contributed by atoms with van der Waals surface area (Å²) in [4.78, 5) is 14.2. The van der Waals surface area contributed by atoms with Gasteiger partial charge in [0.2, 0.25) is 0 Å². The maximum absolute atomic E-state index is 11.5. The zero-order valence-corrected chi connectivity index (χ0v) is 19.1. The smallest absolute Gasteiger partial charge is 0.306 e. The first-order valence-corrected chi connectivity index (χ1v) is 11.7. The summed E-state index contributed by atoms with van der Waals surface area (Å²) in [5.74, 6) is -0.886. The fraction of sp³-hybridized carbons (Fsp3) is 0.955. The fourth-order valence-electron chi connectivity index (χ4n) is 3.29. The first kappa shape index (κ1) is 28.7. The van der Waals surface area contributed by atoms with Crippen LogP contribution in [0.3, 0.4) is 0 Å². The summed E-state index contributed by atoms with van der Waals surface area (Å²) in [6.07, 6.45) is 11.2. The molecular weight excluding hydrogens is 386 g/mol. The van der Waals surface area contributed by atoms with Crippen molar-refractivity contribution in [2.45, 2.75) is 90.6 Å². The third kappa shape index (κ3) is 18.7. The summed E-state index contributed by atoms with van der Waals surface area (Å²) in [6.45, 7) is 7.06. The lowest BCUT2D eigenvalue weighted by Gasteiger charge is -2.19. The molecule has 0 radical (unpaired) electrons. The van der Waals surface area contributed by atoms with E-state index in [2.05, 4.69) is 23.9 Å². The van der Waals surface area contributed by atoms with Gasteiger partial charge in [0, 0.05) is 11.5 Å². The molecule has 0 spiro atoms. The Morgan fingerprint density at radius 1 is 0.867 bits per heavy atom. The van der Waals surface area contributed by atoms with E-state index < -0.39 is 5.97 Å². The molecule has 0 fully saturated rings. The van der Waals surface area contributed by atoms with Gasteiger partial charge in [-0.05, 0) is 31.2 Å². The summed E-state index contributed by atoms with van der Waals surface area (Å²) >= 11 is 0. The van der Waals surface area contributed by atoms with Gasteiger partial charge in [-0.15, -0.1) is 0 Å². The van der Waals surface area contributed by atoms with Crippen LogP contribution < -0.4 is 0 Å². The molecule has 0 aliphatic heterocycles. The van der Waals surface area contributed by atoms with Gasteiger partial charge in [-0.3, -0.25) is 4.79 Å². The minimum Gasteiger partial charge on any atom is -0.481 e. The summed E-state index contributed by atoms with van der Waals surface area (Å²) in [7, 11) is 0. The van der Waals surface area contributed by atoms with E-state index in [4.69, 9.17) is 19.7 Å². The number of carboxylic acid groups (broad SMARTS) is 1. The number of rotatable bonds is 23. The highest BCUT2D eigenvalue weighted by atomic mass is 16.5. The van der Waals surface area contributed by atoms with Crippen LogP contribution in [0.25, 0.3) is 10.4 Å². The van der Waals surface area contributed by atoms with Crippen molar-refractivity contribution in [1.29, 1.82) is 0 Å². The number of aliphatic carboxylic acids is 1. The number of nitrogens with zero attached hydrogens (tertiary/aromatic N) is 3. The van der Waals surface area contributed by atoms with Gasteiger partial charge >= 0.3 is 5.97 Å². The minimum atomic E-state index is -0.660. The van der Waals surface area contributed by atoms with Crippen LogP contribution in [0.4, 0.5) is 0 Å². The highest BCUT2D eigenvalue weighted by Crippen LogP contribution is 2.20. The Morgan fingerprint density at radius 2 is 1.50 bits per heavy atom. The van der Waals surface area contributed by atoms with Gasteiger partial charge in [0.1, 0.15) is 0 Å². The van der Waals surface area contributed by atoms with Crippen LogP contribution in [0.5, 0.6) is 0 Å². The SMILES string of the molecule is CCCCCCC(CCCC(CCCC)OCCOCCOCCN=[N+]=[N-])C(=O)O. The van der Waals surface area contributed by atoms with Gasteiger partial charge in [0.05, 0.1) is 45.1 Å². The topological polar surface area (TPSA) is 114 Å². The molecule has 1 N–H and O–H groups in total. The van der Waals surface area contributed by atoms with Crippen molar-refractivity contribution >= 4 is 5.97 Å². The Labute approximate surface area is 182 Å². The normalized spacial score (nSPS) is 13.0. The fourth-order valence-corrected chi connectivity index (χ4v) is 3.29. The second-order valence-corrected chi connectivity index (χ2v) is 7.63. The third-order valence-corrected chi connectivity index (χ3v) is 5.07. The molecular formula is C22H43N3O5. The molecule has 0 aromatic carbocycles. The second kappa shape index (κ2) is 22.3. The number of carbonyl (C=O) groups is 1. The van der Waals surface area contributed by atoms with Gasteiger partial charge in [-0.1, -0.05) is 63.9 Å². The predicted molar refractivity (Wildman–Crippen MR) is 119 cm³/mol. The molecule has 8 heteroatoms. The van der Waals surface area contributed by atoms with Crippen molar-refractivity contribution < 1.29 is 24.1 Å². The highest BCUT2D eigenvalue weighted by Gasteiger charge is 2.18. The first-order chi connectivity index (χ1) is 14.7. The Morgan fingerprint density at radius 3 is 2.17 bits per heavy atom. The number of carboxylic acids is 1. The summed E-state index contributed by atoms with van der Waals surface area (Å²) in [6, 6.07) is 0. The van der Waals surface area contributed by atoms with Gasteiger partial charge in [-0.2, -0.15) is 0 Å². The molecule has 30 heavy (non-hydrogen) atoms. The predicted octanol–water partition coefficient (Wildman–Crippen LogP) is 5.75. The van der Waals surface area contributed by atoms with E-state index in [0.29, 0.717) is 39.6 Å². The second-order valence-electron chi connectivity index (χ2n) is 7.63. The van der Waals surface area contributed by atoms with Crippen molar-refractivity contribution in [1.82, 2.24) is 0 Å². The molecule has 176 valence electrons. The van der Waals surface area contributed by atoms with E-state index in [0.717, 1.165) is 57.8 Å². The van der Waals surface area contributed by atoms with Crippen LogP contribution in [0.2, 0.25) is 0 Å². The van der Waals surface area contributed by atoms with Crippen molar-refractivity contribution in [3.8, 4) is 0 Å². The molecule has 0 bridgehead atoms. The van der Waals surface area contributed by atoms with Gasteiger partial charge < -0.3 is 19.3 Å². The lowest BCUT2D eigenvalue weighted by atomic mass is 9.94. The standard InChI is InChI=1S/C22H43N3O5/c1-3-5-7-8-10-20(22(26)27)11-9-13-21(12-6-4-2)30-19-18-29-17-16-28-15-14-24-25-23/h20-21H,3-19H2,1-2H3,(H,26,27). The Hall–Kier alpha value is -1.34. The number of hydrogen-bond donors (Lipinski definition) is 1. The van der Waals surface area contributed by atoms with Gasteiger partial charge in [-0.25, -0.2) is 0 Å². The summed E-state index contributed by atoms with van der Waals surface area (Å²) < 4.78 is 16.8. The van der Waals surface area contributed by atoms with E-state index in [1.165, 1.54) is 12.8 Å². The van der Waals surface area contributed by atoms with Gasteiger partial charge in [0.15, 0.2) is 0 Å². The molecule has 0 aromatic heterocycles. The molecule has 0 aliphatic carbocycles. The van der Waals surface area contributed by atoms with Crippen LogP contribution in [-0.2, 0) is 19.0 Å². The van der Waals surface area contributed by atoms with E-state index in [9.17, 15) is 9.90 Å². The van der Waals surface area contributed by atoms with Crippen LogP contribution in [0, 0.1) is 5.92 Å². The van der Waals surface area contributed by atoms with E-state index in [-0.39, 0.29) is 12.0 Å². The first-order valence-electron chi connectivity index (χ1n) is 11.7. The van der Waals surface area contributed by atoms with Crippen molar-refractivity contribution in [2.75, 3.05) is 39.6 Å².